The molecule has 1 aromatic carbocycles. The lowest BCUT2D eigenvalue weighted by molar-refractivity contribution is -0.119. The lowest BCUT2D eigenvalue weighted by Gasteiger charge is -2.14. The molecule has 2 N–H and O–H groups in total. The maximum atomic E-state index is 12.2. The third-order valence-electron chi connectivity index (χ3n) is 3.66. The van der Waals surface area contributed by atoms with Gasteiger partial charge in [-0.05, 0) is 37.5 Å². The maximum absolute atomic E-state index is 12.2. The van der Waals surface area contributed by atoms with Gasteiger partial charge in [0.25, 0.3) is 0 Å². The Labute approximate surface area is 129 Å². The smallest absolute Gasteiger partial charge is 0.237 e. The van der Waals surface area contributed by atoms with Crippen LogP contribution in [0, 0.1) is 35.5 Å². The molecule has 1 fully saturated rings. The summed E-state index contributed by atoms with van der Waals surface area (Å²) in [5.41, 5.74) is 4.55. The summed E-state index contributed by atoms with van der Waals surface area (Å²) in [4.78, 5) is 12.2. The molecule has 0 aromatic heterocycles. The first-order valence-electron chi connectivity index (χ1n) is 7.19. The van der Waals surface area contributed by atoms with Gasteiger partial charge in [0.2, 0.25) is 11.6 Å². The maximum Gasteiger partial charge on any atom is 0.237 e. The van der Waals surface area contributed by atoms with Crippen molar-refractivity contribution in [2.75, 3.05) is 10.7 Å². The Bertz CT molecular complexity index is 659. The molecule has 0 aliphatic heterocycles. The average Bonchev–Trinajstić information content (AvgIpc) is 3.05. The summed E-state index contributed by atoms with van der Waals surface area (Å²) in [6, 6.07) is 8.84. The predicted octanol–water partition coefficient (Wildman–Crippen LogP) is 2.94. The summed E-state index contributed by atoms with van der Waals surface area (Å²) >= 11 is 0. The zero-order chi connectivity index (χ0) is 15.9. The van der Waals surface area contributed by atoms with Crippen molar-refractivity contribution < 1.29 is 4.79 Å². The fraction of sp³-hybridized carbons (Fsp3) is 0.375. The third kappa shape index (κ3) is 3.83. The molecule has 22 heavy (non-hydrogen) atoms. The highest BCUT2D eigenvalue weighted by molar-refractivity contribution is 6.10. The SMILES string of the molecule is Cc1ccc(NC(=O)C2CCCC2)c(NN=C(C#N)C#N)c1. The summed E-state index contributed by atoms with van der Waals surface area (Å²) < 4.78 is 0. The number of carbonyl (C=O) groups excluding carboxylic acids is 1. The number of rotatable bonds is 4. The van der Waals surface area contributed by atoms with E-state index >= 15 is 0 Å². The van der Waals surface area contributed by atoms with Gasteiger partial charge in [0.05, 0.1) is 11.4 Å². The minimum absolute atomic E-state index is 0.00849. The van der Waals surface area contributed by atoms with E-state index in [1.807, 2.05) is 13.0 Å². The van der Waals surface area contributed by atoms with Crippen molar-refractivity contribution in [2.24, 2.45) is 11.0 Å². The number of nitrogens with one attached hydrogen (secondary N) is 2. The molecule has 6 nitrogen and oxygen atoms in total. The van der Waals surface area contributed by atoms with E-state index in [0.717, 1.165) is 31.2 Å². The second kappa shape index (κ2) is 7.24. The molecule has 0 spiro atoms. The first-order valence-corrected chi connectivity index (χ1v) is 7.19. The summed E-state index contributed by atoms with van der Waals surface area (Å²) in [6.07, 6.45) is 4.03. The van der Waals surface area contributed by atoms with Gasteiger partial charge in [-0.25, -0.2) is 0 Å². The molecule has 0 unspecified atom stereocenters. The lowest BCUT2D eigenvalue weighted by Crippen LogP contribution is -2.20. The van der Waals surface area contributed by atoms with Crippen LogP contribution >= 0.6 is 0 Å². The fourth-order valence-electron chi connectivity index (χ4n) is 2.47. The number of anilines is 2. The predicted molar refractivity (Wildman–Crippen MR) is 84.1 cm³/mol. The largest absolute Gasteiger partial charge is 0.324 e. The molecule has 0 saturated heterocycles. The van der Waals surface area contributed by atoms with E-state index in [1.165, 1.54) is 0 Å². The first kappa shape index (κ1) is 15.5. The van der Waals surface area contributed by atoms with Gasteiger partial charge >= 0.3 is 0 Å². The highest BCUT2D eigenvalue weighted by Gasteiger charge is 2.23. The van der Waals surface area contributed by atoms with E-state index in [-0.39, 0.29) is 17.5 Å². The molecule has 0 radical (unpaired) electrons. The van der Waals surface area contributed by atoms with Crippen molar-refractivity contribution in [2.45, 2.75) is 32.6 Å². The second-order valence-electron chi connectivity index (χ2n) is 5.32. The van der Waals surface area contributed by atoms with Gasteiger partial charge in [-0.3, -0.25) is 10.2 Å². The van der Waals surface area contributed by atoms with E-state index < -0.39 is 0 Å². The molecular weight excluding hydrogens is 278 g/mol. The van der Waals surface area contributed by atoms with E-state index in [0.29, 0.717) is 11.4 Å². The van der Waals surface area contributed by atoms with Gasteiger partial charge in [0.15, 0.2) is 0 Å². The topological polar surface area (TPSA) is 101 Å². The molecule has 112 valence electrons. The number of hydrazone groups is 1. The molecule has 1 aliphatic rings. The van der Waals surface area contributed by atoms with E-state index in [1.54, 1.807) is 24.3 Å². The number of nitriles is 2. The molecule has 0 heterocycles. The van der Waals surface area contributed by atoms with Crippen LogP contribution in [-0.4, -0.2) is 11.6 Å². The van der Waals surface area contributed by atoms with Crippen molar-refractivity contribution in [1.29, 1.82) is 10.5 Å². The molecule has 1 aromatic rings. The molecular formula is C16H17N5O. The highest BCUT2D eigenvalue weighted by Crippen LogP contribution is 2.28. The molecule has 0 atom stereocenters. The van der Waals surface area contributed by atoms with Crippen molar-refractivity contribution in [3.63, 3.8) is 0 Å². The number of carbonyl (C=O) groups is 1. The van der Waals surface area contributed by atoms with E-state index in [2.05, 4.69) is 15.8 Å². The Morgan fingerprint density at radius 3 is 2.55 bits per heavy atom. The number of hydrogen-bond donors (Lipinski definition) is 2. The quantitative estimate of drug-likeness (QED) is 0.658. The van der Waals surface area contributed by atoms with Gasteiger partial charge in [-0.15, -0.1) is 0 Å². The van der Waals surface area contributed by atoms with Crippen LogP contribution in [0.1, 0.15) is 31.2 Å². The Balaban J connectivity index is 2.17. The lowest BCUT2D eigenvalue weighted by atomic mass is 10.1. The van der Waals surface area contributed by atoms with Crippen molar-refractivity contribution in [3.05, 3.63) is 23.8 Å². The monoisotopic (exact) mass is 295 g/mol. The van der Waals surface area contributed by atoms with Crippen molar-refractivity contribution in [3.8, 4) is 12.1 Å². The average molecular weight is 295 g/mol. The van der Waals surface area contributed by atoms with Gasteiger partial charge in [0, 0.05) is 5.92 Å². The minimum atomic E-state index is -0.269. The number of aryl methyl sites for hydroxylation is 1. The van der Waals surface area contributed by atoms with Crippen molar-refractivity contribution >= 4 is 23.0 Å². The van der Waals surface area contributed by atoms with E-state index in [9.17, 15) is 4.79 Å². The molecule has 0 bridgehead atoms. The zero-order valence-electron chi connectivity index (χ0n) is 12.4. The summed E-state index contributed by atoms with van der Waals surface area (Å²) in [7, 11) is 0. The fourth-order valence-corrected chi connectivity index (χ4v) is 2.47. The minimum Gasteiger partial charge on any atom is -0.324 e. The van der Waals surface area contributed by atoms with Gasteiger partial charge in [-0.2, -0.15) is 15.6 Å². The molecule has 2 rings (SSSR count). The van der Waals surface area contributed by atoms with Crippen LogP contribution in [0.3, 0.4) is 0 Å². The van der Waals surface area contributed by atoms with Crippen molar-refractivity contribution in [1.82, 2.24) is 0 Å². The normalized spacial score (nSPS) is 13.8. The first-order chi connectivity index (χ1) is 10.6. The number of benzene rings is 1. The van der Waals surface area contributed by atoms with Gasteiger partial charge < -0.3 is 5.32 Å². The van der Waals surface area contributed by atoms with Crippen LogP contribution in [-0.2, 0) is 4.79 Å². The summed E-state index contributed by atoms with van der Waals surface area (Å²) in [6.45, 7) is 1.91. The standard InChI is InChI=1S/C16H17N5O/c1-11-6-7-14(19-16(22)12-4-2-3-5-12)15(8-11)21-20-13(9-17)10-18/h6-8,12,21H,2-5H2,1H3,(H,19,22). The molecule has 1 amide bonds. The Morgan fingerprint density at radius 2 is 1.91 bits per heavy atom. The molecule has 1 saturated carbocycles. The van der Waals surface area contributed by atoms with Crippen LogP contribution in [0.15, 0.2) is 23.3 Å². The number of hydrogen-bond acceptors (Lipinski definition) is 5. The Hall–Kier alpha value is -2.86. The Morgan fingerprint density at radius 1 is 1.23 bits per heavy atom. The van der Waals surface area contributed by atoms with Crippen LogP contribution < -0.4 is 10.7 Å². The number of amides is 1. The van der Waals surface area contributed by atoms with Gasteiger partial charge in [-0.1, -0.05) is 18.9 Å². The molecule has 1 aliphatic carbocycles. The summed E-state index contributed by atoms with van der Waals surface area (Å²) in [5.74, 6) is 0.0700. The molecule has 6 heteroatoms. The van der Waals surface area contributed by atoms with E-state index in [4.69, 9.17) is 10.5 Å². The van der Waals surface area contributed by atoms with Crippen LogP contribution in [0.25, 0.3) is 0 Å². The van der Waals surface area contributed by atoms with Crippen LogP contribution in [0.2, 0.25) is 0 Å². The van der Waals surface area contributed by atoms with Crippen LogP contribution in [0.5, 0.6) is 0 Å². The highest BCUT2D eigenvalue weighted by atomic mass is 16.1. The summed E-state index contributed by atoms with van der Waals surface area (Å²) in [5, 5.41) is 24.0. The second-order valence-corrected chi connectivity index (χ2v) is 5.32. The zero-order valence-corrected chi connectivity index (χ0v) is 12.4. The van der Waals surface area contributed by atoms with Crippen LogP contribution in [0.4, 0.5) is 11.4 Å². The number of nitrogens with zero attached hydrogens (tertiary/aromatic N) is 3. The van der Waals surface area contributed by atoms with Gasteiger partial charge in [0.1, 0.15) is 12.1 Å². The third-order valence-corrected chi connectivity index (χ3v) is 3.66. The Kier molecular flexibility index (Phi) is 5.11.